The lowest BCUT2D eigenvalue weighted by atomic mass is 10.1. The van der Waals surface area contributed by atoms with E-state index in [2.05, 4.69) is 20.9 Å². The highest BCUT2D eigenvalue weighted by atomic mass is 127. The third-order valence-electron chi connectivity index (χ3n) is 3.66. The van der Waals surface area contributed by atoms with E-state index in [1.807, 2.05) is 19.9 Å². The van der Waals surface area contributed by atoms with Gasteiger partial charge in [0, 0.05) is 16.6 Å². The number of aliphatic imine (C=N–C) groups is 1. The molecule has 1 saturated heterocycles. The first kappa shape index (κ1) is 22.8. The Morgan fingerprint density at radius 2 is 2.12 bits per heavy atom. The zero-order valence-electron chi connectivity index (χ0n) is 14.5. The van der Waals surface area contributed by atoms with Gasteiger partial charge in [0.1, 0.15) is 0 Å². The van der Waals surface area contributed by atoms with Crippen molar-refractivity contribution < 1.29 is 9.59 Å². The van der Waals surface area contributed by atoms with E-state index >= 15 is 0 Å². The molecule has 1 aliphatic heterocycles. The van der Waals surface area contributed by atoms with E-state index in [4.69, 9.17) is 23.2 Å². The number of amides is 3. The minimum Gasteiger partial charge on any atom is -0.357 e. The third-order valence-corrected chi connectivity index (χ3v) is 4.22. The van der Waals surface area contributed by atoms with Gasteiger partial charge >= 0.3 is 6.03 Å². The molecule has 0 aliphatic carbocycles. The Kier molecular flexibility index (Phi) is 9.45. The van der Waals surface area contributed by atoms with E-state index in [0.29, 0.717) is 29.1 Å². The number of rotatable bonds is 6. The summed E-state index contributed by atoms with van der Waals surface area (Å²) < 4.78 is 0. The van der Waals surface area contributed by atoms with Crippen LogP contribution in [-0.2, 0) is 4.79 Å². The van der Waals surface area contributed by atoms with Crippen LogP contribution in [0.3, 0.4) is 0 Å². The van der Waals surface area contributed by atoms with Gasteiger partial charge in [-0.15, -0.1) is 24.0 Å². The summed E-state index contributed by atoms with van der Waals surface area (Å²) in [6, 6.07) is 4.86. The molecule has 3 amide bonds. The van der Waals surface area contributed by atoms with E-state index in [0.717, 1.165) is 10.5 Å². The van der Waals surface area contributed by atoms with Crippen LogP contribution in [0, 0.1) is 0 Å². The second-order valence-electron chi connectivity index (χ2n) is 5.50. The molecule has 0 saturated carbocycles. The number of carbonyl (C=O) groups is 2. The summed E-state index contributed by atoms with van der Waals surface area (Å²) in [5.74, 6) is 0.340. The standard InChI is InChI=1S/C16H21Cl2N5O2.HI/c1-3-19-15(20-6-7-23-14(24)9-21-16(23)25)22-10(2)12-5-4-11(17)8-13(12)18;/h4-5,8,10H,3,6-7,9H2,1-2H3,(H,21,25)(H2,19,20,22);1H. The molecule has 1 aromatic carbocycles. The zero-order valence-corrected chi connectivity index (χ0v) is 18.4. The van der Waals surface area contributed by atoms with Crippen LogP contribution in [0.25, 0.3) is 0 Å². The molecule has 1 atom stereocenters. The van der Waals surface area contributed by atoms with Crippen LogP contribution in [0.15, 0.2) is 23.2 Å². The van der Waals surface area contributed by atoms with Gasteiger partial charge in [0.25, 0.3) is 0 Å². The Hall–Kier alpha value is -1.26. The quantitative estimate of drug-likeness (QED) is 0.236. The molecule has 26 heavy (non-hydrogen) atoms. The second kappa shape index (κ2) is 10.8. The molecule has 1 aromatic rings. The van der Waals surface area contributed by atoms with Crippen molar-refractivity contribution in [3.63, 3.8) is 0 Å². The van der Waals surface area contributed by atoms with Gasteiger partial charge in [-0.1, -0.05) is 29.3 Å². The summed E-state index contributed by atoms with van der Waals surface area (Å²) in [6.45, 7) is 5.17. The van der Waals surface area contributed by atoms with Gasteiger partial charge in [0.2, 0.25) is 5.91 Å². The normalized spacial score (nSPS) is 15.4. The van der Waals surface area contributed by atoms with Crippen LogP contribution in [0.4, 0.5) is 4.79 Å². The SMILES string of the molecule is CCNC(=NCCN1C(=O)CNC1=O)NC(C)c1ccc(Cl)cc1Cl.I. The number of hydrogen-bond acceptors (Lipinski definition) is 3. The molecule has 3 N–H and O–H groups in total. The molecule has 0 aromatic heterocycles. The van der Waals surface area contributed by atoms with Gasteiger partial charge < -0.3 is 16.0 Å². The highest BCUT2D eigenvalue weighted by Gasteiger charge is 2.27. The van der Waals surface area contributed by atoms with Crippen molar-refractivity contribution in [2.75, 3.05) is 26.2 Å². The molecule has 1 aliphatic rings. The summed E-state index contributed by atoms with van der Waals surface area (Å²) in [5, 5.41) is 10.0. The molecule has 1 heterocycles. The molecule has 1 fully saturated rings. The topological polar surface area (TPSA) is 85.8 Å². The van der Waals surface area contributed by atoms with Crippen molar-refractivity contribution in [3.8, 4) is 0 Å². The lowest BCUT2D eigenvalue weighted by molar-refractivity contribution is -0.124. The molecule has 144 valence electrons. The van der Waals surface area contributed by atoms with Crippen LogP contribution in [-0.4, -0.2) is 49.0 Å². The van der Waals surface area contributed by atoms with Crippen molar-refractivity contribution in [3.05, 3.63) is 33.8 Å². The van der Waals surface area contributed by atoms with E-state index < -0.39 is 0 Å². The summed E-state index contributed by atoms with van der Waals surface area (Å²) in [6.07, 6.45) is 0. The number of urea groups is 1. The largest absolute Gasteiger partial charge is 0.357 e. The number of imide groups is 1. The van der Waals surface area contributed by atoms with Gasteiger partial charge in [-0.2, -0.15) is 0 Å². The first-order valence-corrected chi connectivity index (χ1v) is 8.76. The average Bonchev–Trinajstić information content (AvgIpc) is 2.86. The fourth-order valence-electron chi connectivity index (χ4n) is 2.40. The summed E-state index contributed by atoms with van der Waals surface area (Å²) in [7, 11) is 0. The van der Waals surface area contributed by atoms with Crippen molar-refractivity contribution in [2.45, 2.75) is 19.9 Å². The Morgan fingerprint density at radius 3 is 2.69 bits per heavy atom. The van der Waals surface area contributed by atoms with Gasteiger partial charge in [-0.05, 0) is 31.5 Å². The van der Waals surface area contributed by atoms with E-state index in [-0.39, 0.29) is 55.0 Å². The second-order valence-corrected chi connectivity index (χ2v) is 6.34. The highest BCUT2D eigenvalue weighted by molar-refractivity contribution is 14.0. The Bertz CT molecular complexity index is 671. The number of benzene rings is 1. The Labute approximate surface area is 179 Å². The molecule has 10 heteroatoms. The van der Waals surface area contributed by atoms with Crippen LogP contribution in [0.5, 0.6) is 0 Å². The third kappa shape index (κ3) is 6.17. The number of halogens is 3. The van der Waals surface area contributed by atoms with Gasteiger partial charge in [-0.3, -0.25) is 14.7 Å². The molecule has 0 bridgehead atoms. The Balaban J connectivity index is 0.00000338. The zero-order chi connectivity index (χ0) is 18.4. The summed E-state index contributed by atoms with van der Waals surface area (Å²) in [5.41, 5.74) is 0.894. The molecular formula is C16H22Cl2IN5O2. The van der Waals surface area contributed by atoms with E-state index in [1.54, 1.807) is 12.1 Å². The maximum atomic E-state index is 11.6. The molecule has 0 spiro atoms. The lowest BCUT2D eigenvalue weighted by Gasteiger charge is -2.19. The number of nitrogens with one attached hydrogen (secondary N) is 3. The fraction of sp³-hybridized carbons (Fsp3) is 0.438. The van der Waals surface area contributed by atoms with E-state index in [1.165, 1.54) is 0 Å². The highest BCUT2D eigenvalue weighted by Crippen LogP contribution is 2.25. The maximum Gasteiger partial charge on any atom is 0.324 e. The van der Waals surface area contributed by atoms with E-state index in [9.17, 15) is 9.59 Å². The number of nitrogens with zero attached hydrogens (tertiary/aromatic N) is 2. The van der Waals surface area contributed by atoms with Gasteiger partial charge in [-0.25, -0.2) is 4.79 Å². The van der Waals surface area contributed by atoms with Crippen molar-refractivity contribution >= 4 is 65.1 Å². The first-order valence-electron chi connectivity index (χ1n) is 8.00. The monoisotopic (exact) mass is 513 g/mol. The molecular weight excluding hydrogens is 492 g/mol. The number of guanidine groups is 1. The van der Waals surface area contributed by atoms with Gasteiger partial charge in [0.15, 0.2) is 5.96 Å². The van der Waals surface area contributed by atoms with Crippen LogP contribution in [0.1, 0.15) is 25.5 Å². The average molecular weight is 514 g/mol. The summed E-state index contributed by atoms with van der Waals surface area (Å²) >= 11 is 12.2. The molecule has 1 unspecified atom stereocenters. The molecule has 7 nitrogen and oxygen atoms in total. The Morgan fingerprint density at radius 1 is 1.38 bits per heavy atom. The predicted molar refractivity (Wildman–Crippen MR) is 115 cm³/mol. The first-order chi connectivity index (χ1) is 11.9. The molecule has 0 radical (unpaired) electrons. The fourth-order valence-corrected chi connectivity index (χ4v) is 2.97. The maximum absolute atomic E-state index is 11.6. The summed E-state index contributed by atoms with van der Waals surface area (Å²) in [4.78, 5) is 28.6. The van der Waals surface area contributed by atoms with Crippen LogP contribution < -0.4 is 16.0 Å². The van der Waals surface area contributed by atoms with Crippen molar-refractivity contribution in [1.82, 2.24) is 20.9 Å². The number of carbonyl (C=O) groups excluding carboxylic acids is 2. The minimum absolute atomic E-state index is 0. The van der Waals surface area contributed by atoms with Crippen LogP contribution in [0.2, 0.25) is 10.0 Å². The minimum atomic E-state index is -0.375. The van der Waals surface area contributed by atoms with Gasteiger partial charge in [0.05, 0.1) is 25.7 Å². The van der Waals surface area contributed by atoms with Crippen molar-refractivity contribution in [2.24, 2.45) is 4.99 Å². The smallest absolute Gasteiger partial charge is 0.324 e. The predicted octanol–water partition coefficient (Wildman–Crippen LogP) is 2.78. The van der Waals surface area contributed by atoms with Crippen molar-refractivity contribution in [1.29, 1.82) is 0 Å². The van der Waals surface area contributed by atoms with Crippen LogP contribution >= 0.6 is 47.2 Å². The molecule has 2 rings (SSSR count). The number of hydrogen-bond donors (Lipinski definition) is 3. The lowest BCUT2D eigenvalue weighted by Crippen LogP contribution is -2.40.